The summed E-state index contributed by atoms with van der Waals surface area (Å²) < 4.78 is 5.80. The normalized spacial score (nSPS) is 10.9. The summed E-state index contributed by atoms with van der Waals surface area (Å²) >= 11 is 6.79. The lowest BCUT2D eigenvalue weighted by Gasteiger charge is -2.06. The number of nitrogens with zero attached hydrogens (tertiary/aromatic N) is 2. The Morgan fingerprint density at radius 1 is 1.11 bits per heavy atom. The number of fused-ring (bicyclic) bond motifs is 1. The number of carbonyl (C=O) groups excluding carboxylic acids is 1. The first-order valence-electron chi connectivity index (χ1n) is 8.44. The van der Waals surface area contributed by atoms with Crippen molar-refractivity contribution in [3.63, 3.8) is 0 Å². The Kier molecular flexibility index (Phi) is 5.75. The van der Waals surface area contributed by atoms with Crippen LogP contribution in [0.1, 0.15) is 15.9 Å². The van der Waals surface area contributed by atoms with Crippen LogP contribution in [0.2, 0.25) is 0 Å². The number of thiophene rings is 1. The highest BCUT2D eigenvalue weighted by Crippen LogP contribution is 2.38. The molecular formula is C21H15BrN2O2S2. The molecule has 0 atom stereocenters. The van der Waals surface area contributed by atoms with Gasteiger partial charge in [0.05, 0.1) is 18.1 Å². The van der Waals surface area contributed by atoms with Gasteiger partial charge >= 0.3 is 5.97 Å². The summed E-state index contributed by atoms with van der Waals surface area (Å²) in [7, 11) is 1.39. The molecule has 0 aliphatic heterocycles. The monoisotopic (exact) mass is 470 g/mol. The van der Waals surface area contributed by atoms with E-state index >= 15 is 0 Å². The molecule has 0 saturated heterocycles. The zero-order valence-corrected chi connectivity index (χ0v) is 18.1. The highest BCUT2D eigenvalue weighted by Gasteiger charge is 2.14. The van der Waals surface area contributed by atoms with Crippen LogP contribution in [0.3, 0.4) is 0 Å². The molecule has 0 fully saturated rings. The van der Waals surface area contributed by atoms with Crippen LogP contribution in [0.5, 0.6) is 0 Å². The van der Waals surface area contributed by atoms with Gasteiger partial charge < -0.3 is 4.74 Å². The lowest BCUT2D eigenvalue weighted by atomic mass is 10.1. The van der Waals surface area contributed by atoms with Gasteiger partial charge in [-0.05, 0) is 35.4 Å². The fourth-order valence-corrected chi connectivity index (χ4v) is 5.02. The molecule has 28 heavy (non-hydrogen) atoms. The van der Waals surface area contributed by atoms with Gasteiger partial charge in [-0.1, -0.05) is 40.2 Å². The van der Waals surface area contributed by atoms with E-state index in [0.717, 1.165) is 42.2 Å². The van der Waals surface area contributed by atoms with E-state index in [1.54, 1.807) is 41.6 Å². The maximum Gasteiger partial charge on any atom is 0.337 e. The van der Waals surface area contributed by atoms with E-state index in [4.69, 9.17) is 4.74 Å². The third kappa shape index (κ3) is 3.97. The molecule has 0 radical (unpaired) electrons. The Labute approximate surface area is 179 Å². The van der Waals surface area contributed by atoms with Crippen molar-refractivity contribution in [3.8, 4) is 11.1 Å². The first-order valence-corrected chi connectivity index (χ1v) is 11.1. The number of ether oxygens (including phenoxy) is 1. The van der Waals surface area contributed by atoms with Crippen molar-refractivity contribution in [1.29, 1.82) is 0 Å². The van der Waals surface area contributed by atoms with E-state index in [-0.39, 0.29) is 5.97 Å². The summed E-state index contributed by atoms with van der Waals surface area (Å²) in [5.41, 5.74) is 3.96. The van der Waals surface area contributed by atoms with Crippen molar-refractivity contribution in [3.05, 3.63) is 75.8 Å². The molecule has 0 spiro atoms. The lowest BCUT2D eigenvalue weighted by molar-refractivity contribution is 0.0600. The highest BCUT2D eigenvalue weighted by molar-refractivity contribution is 9.10. The number of hydrogen-bond acceptors (Lipinski definition) is 6. The summed E-state index contributed by atoms with van der Waals surface area (Å²) in [6.45, 7) is 0. The maximum absolute atomic E-state index is 11.6. The molecule has 140 valence electrons. The average molecular weight is 471 g/mol. The van der Waals surface area contributed by atoms with Gasteiger partial charge in [-0.3, -0.25) is 0 Å². The number of aromatic nitrogens is 2. The third-order valence-electron chi connectivity index (χ3n) is 4.24. The fraction of sp³-hybridized carbons (Fsp3) is 0.0952. The van der Waals surface area contributed by atoms with E-state index in [0.29, 0.717) is 5.56 Å². The van der Waals surface area contributed by atoms with Crippen molar-refractivity contribution >= 4 is 55.2 Å². The third-order valence-corrected chi connectivity index (χ3v) is 6.72. The molecule has 0 aliphatic rings. The first kappa shape index (κ1) is 19.1. The Morgan fingerprint density at radius 2 is 1.86 bits per heavy atom. The molecule has 4 nitrogen and oxygen atoms in total. The summed E-state index contributed by atoms with van der Waals surface area (Å²) in [5.74, 6) is 0.428. The van der Waals surface area contributed by atoms with Gasteiger partial charge in [0.1, 0.15) is 16.2 Å². The number of hydrogen-bond donors (Lipinski definition) is 0. The second-order valence-electron chi connectivity index (χ2n) is 5.99. The second-order valence-corrected chi connectivity index (χ2v) is 8.73. The minimum atomic E-state index is -0.325. The van der Waals surface area contributed by atoms with E-state index < -0.39 is 0 Å². The van der Waals surface area contributed by atoms with Crippen LogP contribution in [0, 0.1) is 0 Å². The SMILES string of the molecule is COC(=O)c1ccc(CSc2ncnc3scc(-c4ccc(Br)cc4)c23)cc1. The predicted molar refractivity (Wildman–Crippen MR) is 118 cm³/mol. The minimum Gasteiger partial charge on any atom is -0.465 e. The zero-order chi connectivity index (χ0) is 19.5. The van der Waals surface area contributed by atoms with Crippen LogP contribution in [-0.2, 0) is 10.5 Å². The molecule has 4 aromatic rings. The largest absolute Gasteiger partial charge is 0.465 e. The molecule has 0 aliphatic carbocycles. The van der Waals surface area contributed by atoms with Gasteiger partial charge in [0, 0.05) is 21.2 Å². The van der Waals surface area contributed by atoms with Gasteiger partial charge in [0.25, 0.3) is 0 Å². The first-order chi connectivity index (χ1) is 13.7. The van der Waals surface area contributed by atoms with Gasteiger partial charge in [-0.25, -0.2) is 14.8 Å². The van der Waals surface area contributed by atoms with Crippen molar-refractivity contribution < 1.29 is 9.53 Å². The summed E-state index contributed by atoms with van der Waals surface area (Å²) in [6.07, 6.45) is 1.62. The summed E-state index contributed by atoms with van der Waals surface area (Å²) in [6, 6.07) is 15.7. The molecule has 0 saturated carbocycles. The smallest absolute Gasteiger partial charge is 0.337 e. The number of halogens is 1. The standard InChI is InChI=1S/C21H15BrN2O2S2/c1-26-21(25)15-4-2-13(3-5-15)10-27-19-18-17(11-28-20(18)24-12-23-19)14-6-8-16(22)9-7-14/h2-9,11-12H,10H2,1H3. The molecule has 0 bridgehead atoms. The van der Waals surface area contributed by atoms with E-state index in [1.165, 1.54) is 7.11 Å². The number of methoxy groups -OCH3 is 1. The molecule has 0 unspecified atom stereocenters. The number of carbonyl (C=O) groups is 1. The van der Waals surface area contributed by atoms with Crippen LogP contribution in [-0.4, -0.2) is 23.0 Å². The molecule has 0 N–H and O–H groups in total. The molecule has 7 heteroatoms. The zero-order valence-electron chi connectivity index (χ0n) is 14.9. The van der Waals surface area contributed by atoms with Crippen LogP contribution >= 0.6 is 39.0 Å². The van der Waals surface area contributed by atoms with Gasteiger partial charge in [0.15, 0.2) is 0 Å². The molecule has 4 rings (SSSR count). The van der Waals surface area contributed by atoms with Gasteiger partial charge in [-0.2, -0.15) is 0 Å². The second kappa shape index (κ2) is 8.43. The van der Waals surface area contributed by atoms with Gasteiger partial charge in [-0.15, -0.1) is 23.1 Å². The van der Waals surface area contributed by atoms with E-state index in [9.17, 15) is 4.79 Å². The van der Waals surface area contributed by atoms with Crippen LogP contribution in [0.4, 0.5) is 0 Å². The summed E-state index contributed by atoms with van der Waals surface area (Å²) in [5, 5.41) is 4.19. The molecule has 0 amide bonds. The molecule has 2 heterocycles. The predicted octanol–water partition coefficient (Wildman–Crippen LogP) is 6.20. The van der Waals surface area contributed by atoms with Crippen molar-refractivity contribution in [2.24, 2.45) is 0 Å². The minimum absolute atomic E-state index is 0.325. The van der Waals surface area contributed by atoms with Crippen molar-refractivity contribution in [2.75, 3.05) is 7.11 Å². The lowest BCUT2D eigenvalue weighted by Crippen LogP contribution is -2.00. The number of rotatable bonds is 5. The van der Waals surface area contributed by atoms with Crippen LogP contribution in [0.15, 0.2) is 69.7 Å². The highest BCUT2D eigenvalue weighted by atomic mass is 79.9. The topological polar surface area (TPSA) is 52.1 Å². The van der Waals surface area contributed by atoms with Crippen molar-refractivity contribution in [2.45, 2.75) is 10.8 Å². The Hall–Kier alpha value is -2.22. The Morgan fingerprint density at radius 3 is 2.57 bits per heavy atom. The number of esters is 1. The maximum atomic E-state index is 11.6. The van der Waals surface area contributed by atoms with Gasteiger partial charge in [0.2, 0.25) is 0 Å². The quantitative estimate of drug-likeness (QED) is 0.197. The average Bonchev–Trinajstić information content (AvgIpc) is 3.17. The molecular weight excluding hydrogens is 456 g/mol. The molecule has 2 aromatic heterocycles. The van der Waals surface area contributed by atoms with Crippen LogP contribution < -0.4 is 0 Å². The summed E-state index contributed by atoms with van der Waals surface area (Å²) in [4.78, 5) is 21.5. The number of benzene rings is 2. The number of thioether (sulfide) groups is 1. The fourth-order valence-electron chi connectivity index (χ4n) is 2.81. The Balaban J connectivity index is 1.61. The van der Waals surface area contributed by atoms with Crippen LogP contribution in [0.25, 0.3) is 21.3 Å². The Bertz CT molecular complexity index is 1130. The van der Waals surface area contributed by atoms with E-state index in [2.05, 4.69) is 43.4 Å². The van der Waals surface area contributed by atoms with E-state index in [1.807, 2.05) is 24.3 Å². The molecule has 2 aromatic carbocycles. The van der Waals surface area contributed by atoms with Crippen molar-refractivity contribution in [1.82, 2.24) is 9.97 Å².